The van der Waals surface area contributed by atoms with Crippen molar-refractivity contribution in [2.75, 3.05) is 13.2 Å². The van der Waals surface area contributed by atoms with Gasteiger partial charge in [0, 0.05) is 29.2 Å². The van der Waals surface area contributed by atoms with Crippen molar-refractivity contribution in [3.8, 4) is 5.75 Å². The van der Waals surface area contributed by atoms with Gasteiger partial charge in [-0.05, 0) is 23.8 Å². The van der Waals surface area contributed by atoms with Gasteiger partial charge in [0.2, 0.25) is 0 Å². The lowest BCUT2D eigenvalue weighted by molar-refractivity contribution is 0.322. The fourth-order valence-electron chi connectivity index (χ4n) is 1.69. The highest BCUT2D eigenvalue weighted by molar-refractivity contribution is 6.34. The van der Waals surface area contributed by atoms with E-state index in [1.54, 1.807) is 18.2 Å². The van der Waals surface area contributed by atoms with Gasteiger partial charge < -0.3 is 10.5 Å². The zero-order valence-electron chi connectivity index (χ0n) is 10.4. The van der Waals surface area contributed by atoms with Crippen LogP contribution in [0.1, 0.15) is 5.56 Å². The lowest BCUT2D eigenvalue weighted by atomic mass is 10.3. The average molecular weight is 300 g/mol. The number of nitrogens with zero attached hydrogens (tertiary/aromatic N) is 2. The Balaban J connectivity index is 1.85. The van der Waals surface area contributed by atoms with Gasteiger partial charge in [-0.15, -0.1) is 0 Å². The van der Waals surface area contributed by atoms with Crippen LogP contribution in [0.4, 0.5) is 0 Å². The number of ether oxygens (including phenoxy) is 1. The van der Waals surface area contributed by atoms with Crippen molar-refractivity contribution >= 4 is 23.2 Å². The maximum Gasteiger partial charge on any atom is 0.122 e. The molecule has 0 radical (unpaired) electrons. The Hall–Kier alpha value is -1.23. The van der Waals surface area contributed by atoms with Crippen LogP contribution < -0.4 is 10.5 Å². The smallest absolute Gasteiger partial charge is 0.122 e. The minimum atomic E-state index is 0.547. The molecular weight excluding hydrogens is 285 g/mol. The van der Waals surface area contributed by atoms with E-state index >= 15 is 0 Å². The molecule has 0 fully saturated rings. The van der Waals surface area contributed by atoms with Crippen LogP contribution in [0.5, 0.6) is 5.75 Å². The second-order valence-corrected chi connectivity index (χ2v) is 4.98. The summed E-state index contributed by atoms with van der Waals surface area (Å²) in [6, 6.07) is 5.16. The SMILES string of the molecule is NCCn1cc(CCOc2cc(Cl)cc(Cl)c2)cn1. The van der Waals surface area contributed by atoms with Gasteiger partial charge in [0.15, 0.2) is 0 Å². The van der Waals surface area contributed by atoms with Gasteiger partial charge >= 0.3 is 0 Å². The molecule has 0 saturated heterocycles. The Kier molecular flexibility index (Phi) is 5.07. The number of aromatic nitrogens is 2. The number of hydrogen-bond donors (Lipinski definition) is 1. The molecule has 0 aliphatic carbocycles. The second kappa shape index (κ2) is 6.80. The van der Waals surface area contributed by atoms with Crippen LogP contribution >= 0.6 is 23.2 Å². The number of nitrogens with two attached hydrogens (primary N) is 1. The molecule has 1 heterocycles. The van der Waals surface area contributed by atoms with E-state index in [1.165, 1.54) is 0 Å². The van der Waals surface area contributed by atoms with Crippen molar-refractivity contribution in [1.29, 1.82) is 0 Å². The van der Waals surface area contributed by atoms with Crippen LogP contribution in [0, 0.1) is 0 Å². The summed E-state index contributed by atoms with van der Waals surface area (Å²) in [7, 11) is 0. The molecule has 2 N–H and O–H groups in total. The standard InChI is InChI=1S/C13H15Cl2N3O/c14-11-5-12(15)7-13(6-11)19-4-1-10-8-17-18(9-10)3-2-16/h5-9H,1-4,16H2. The fraction of sp³-hybridized carbons (Fsp3) is 0.308. The summed E-state index contributed by atoms with van der Waals surface area (Å²) in [6.45, 7) is 1.86. The molecule has 0 atom stereocenters. The number of benzene rings is 1. The maximum atomic E-state index is 5.89. The molecule has 102 valence electrons. The zero-order valence-corrected chi connectivity index (χ0v) is 11.9. The predicted octanol–water partition coefficient (Wildman–Crippen LogP) is 2.77. The van der Waals surface area contributed by atoms with Crippen molar-refractivity contribution in [2.45, 2.75) is 13.0 Å². The largest absolute Gasteiger partial charge is 0.493 e. The molecule has 0 amide bonds. The minimum absolute atomic E-state index is 0.547. The van der Waals surface area contributed by atoms with Gasteiger partial charge in [-0.25, -0.2) is 0 Å². The van der Waals surface area contributed by atoms with Crippen molar-refractivity contribution < 1.29 is 4.74 Å². The van der Waals surface area contributed by atoms with Crippen LogP contribution in [-0.2, 0) is 13.0 Å². The summed E-state index contributed by atoms with van der Waals surface area (Å²) in [5.41, 5.74) is 6.58. The number of halogens is 2. The zero-order chi connectivity index (χ0) is 13.7. The molecule has 0 aliphatic heterocycles. The first kappa shape index (κ1) is 14.2. The van der Waals surface area contributed by atoms with Crippen LogP contribution in [0.2, 0.25) is 10.0 Å². The lowest BCUT2D eigenvalue weighted by Gasteiger charge is -2.06. The summed E-state index contributed by atoms with van der Waals surface area (Å²) in [4.78, 5) is 0. The second-order valence-electron chi connectivity index (χ2n) is 4.10. The van der Waals surface area contributed by atoms with E-state index in [1.807, 2.05) is 17.1 Å². The molecule has 0 unspecified atom stereocenters. The van der Waals surface area contributed by atoms with Gasteiger partial charge in [0.05, 0.1) is 19.3 Å². The Morgan fingerprint density at radius 1 is 1.21 bits per heavy atom. The first-order valence-corrected chi connectivity index (χ1v) is 6.73. The van der Waals surface area contributed by atoms with Crippen molar-refractivity contribution in [3.63, 3.8) is 0 Å². The Bertz CT molecular complexity index is 522. The highest BCUT2D eigenvalue weighted by atomic mass is 35.5. The van der Waals surface area contributed by atoms with Crippen molar-refractivity contribution in [3.05, 3.63) is 46.2 Å². The highest BCUT2D eigenvalue weighted by Crippen LogP contribution is 2.24. The summed E-state index contributed by atoms with van der Waals surface area (Å²) < 4.78 is 7.44. The minimum Gasteiger partial charge on any atom is -0.493 e. The topological polar surface area (TPSA) is 53.1 Å². The van der Waals surface area contributed by atoms with Crippen LogP contribution in [-0.4, -0.2) is 22.9 Å². The normalized spacial score (nSPS) is 10.7. The molecule has 1 aromatic carbocycles. The molecule has 2 rings (SSSR count). The van der Waals surface area contributed by atoms with Gasteiger partial charge in [-0.1, -0.05) is 23.2 Å². The molecule has 4 nitrogen and oxygen atoms in total. The Labute approximate surface area is 122 Å². The molecular formula is C13H15Cl2N3O. The Morgan fingerprint density at radius 3 is 2.63 bits per heavy atom. The van der Waals surface area contributed by atoms with E-state index in [0.717, 1.165) is 18.5 Å². The average Bonchev–Trinajstić information content (AvgIpc) is 2.76. The van der Waals surface area contributed by atoms with Crippen LogP contribution in [0.15, 0.2) is 30.6 Å². The summed E-state index contributed by atoms with van der Waals surface area (Å²) in [6.07, 6.45) is 4.57. The quantitative estimate of drug-likeness (QED) is 0.892. The van der Waals surface area contributed by atoms with Crippen molar-refractivity contribution in [1.82, 2.24) is 9.78 Å². The molecule has 0 saturated carbocycles. The van der Waals surface area contributed by atoms with Crippen molar-refractivity contribution in [2.24, 2.45) is 5.73 Å². The van der Waals surface area contributed by atoms with E-state index in [2.05, 4.69) is 5.10 Å². The first-order chi connectivity index (χ1) is 9.17. The monoisotopic (exact) mass is 299 g/mol. The van der Waals surface area contributed by atoms with E-state index in [-0.39, 0.29) is 0 Å². The van der Waals surface area contributed by atoms with Gasteiger partial charge in [-0.3, -0.25) is 4.68 Å². The third-order valence-electron chi connectivity index (χ3n) is 2.54. The molecule has 0 aliphatic rings. The van der Waals surface area contributed by atoms with E-state index < -0.39 is 0 Å². The third kappa shape index (κ3) is 4.42. The first-order valence-electron chi connectivity index (χ1n) is 5.97. The fourth-order valence-corrected chi connectivity index (χ4v) is 2.19. The molecule has 0 spiro atoms. The number of hydrogen-bond acceptors (Lipinski definition) is 3. The predicted molar refractivity (Wildman–Crippen MR) is 76.9 cm³/mol. The van der Waals surface area contributed by atoms with Gasteiger partial charge in [-0.2, -0.15) is 5.10 Å². The van der Waals surface area contributed by atoms with Gasteiger partial charge in [0.25, 0.3) is 0 Å². The van der Waals surface area contributed by atoms with Gasteiger partial charge in [0.1, 0.15) is 5.75 Å². The van der Waals surface area contributed by atoms with E-state index in [4.69, 9.17) is 33.7 Å². The maximum absolute atomic E-state index is 5.89. The molecule has 0 bridgehead atoms. The van der Waals surface area contributed by atoms with E-state index in [0.29, 0.717) is 28.9 Å². The molecule has 6 heteroatoms. The summed E-state index contributed by atoms with van der Waals surface area (Å²) in [5, 5.41) is 5.33. The molecule has 1 aromatic heterocycles. The van der Waals surface area contributed by atoms with Crippen LogP contribution in [0.25, 0.3) is 0 Å². The molecule has 2 aromatic rings. The third-order valence-corrected chi connectivity index (χ3v) is 2.98. The Morgan fingerprint density at radius 2 is 1.95 bits per heavy atom. The molecule has 19 heavy (non-hydrogen) atoms. The summed E-state index contributed by atoms with van der Waals surface area (Å²) in [5.74, 6) is 0.673. The summed E-state index contributed by atoms with van der Waals surface area (Å²) >= 11 is 11.8. The lowest BCUT2D eigenvalue weighted by Crippen LogP contribution is -2.09. The van der Waals surface area contributed by atoms with Crippen LogP contribution in [0.3, 0.4) is 0 Å². The highest BCUT2D eigenvalue weighted by Gasteiger charge is 2.01. The number of rotatable bonds is 6. The van der Waals surface area contributed by atoms with E-state index in [9.17, 15) is 0 Å².